The summed E-state index contributed by atoms with van der Waals surface area (Å²) in [6.07, 6.45) is 5.20. The molecule has 116 valence electrons. The van der Waals surface area contributed by atoms with E-state index in [0.717, 1.165) is 25.7 Å². The lowest BCUT2D eigenvalue weighted by atomic mass is 9.80. The van der Waals surface area contributed by atoms with Gasteiger partial charge in [-0.25, -0.2) is 0 Å². The van der Waals surface area contributed by atoms with E-state index in [4.69, 9.17) is 4.52 Å². The molecule has 1 saturated carbocycles. The van der Waals surface area contributed by atoms with Gasteiger partial charge in [-0.05, 0) is 26.2 Å². The molecule has 0 saturated heterocycles. The minimum absolute atomic E-state index is 0.0855. The zero-order chi connectivity index (χ0) is 15.3. The van der Waals surface area contributed by atoms with Crippen LogP contribution in [-0.4, -0.2) is 29.1 Å². The number of carbonyl (C=O) groups excluding carboxylic acids is 2. The number of hydrogen-bond acceptors (Lipinski definition) is 4. The highest BCUT2D eigenvalue weighted by atomic mass is 16.5. The van der Waals surface area contributed by atoms with Gasteiger partial charge in [-0.3, -0.25) is 9.59 Å². The average Bonchev–Trinajstić information content (AvgIpc) is 2.92. The molecule has 0 radical (unpaired) electrons. The van der Waals surface area contributed by atoms with Crippen molar-refractivity contribution in [2.24, 2.45) is 0 Å². The van der Waals surface area contributed by atoms with E-state index >= 15 is 0 Å². The summed E-state index contributed by atoms with van der Waals surface area (Å²) >= 11 is 0. The lowest BCUT2D eigenvalue weighted by Crippen LogP contribution is -2.59. The fraction of sp³-hybridized carbons (Fsp3) is 0.667. The van der Waals surface area contributed by atoms with Gasteiger partial charge < -0.3 is 15.2 Å². The van der Waals surface area contributed by atoms with Gasteiger partial charge in [0.2, 0.25) is 5.91 Å². The summed E-state index contributed by atoms with van der Waals surface area (Å²) in [6, 6.07) is 1.58. The maximum absolute atomic E-state index is 12.5. The molecular weight excluding hydrogens is 270 g/mol. The largest absolute Gasteiger partial charge is 0.361 e. The molecule has 1 aromatic heterocycles. The summed E-state index contributed by atoms with van der Waals surface area (Å²) in [5.74, 6) is 0.145. The standard InChI is InChI=1S/C15H23N3O3/c1-3-9-16-14(20)15(7-5-4-6-8-15)17-13(19)12-10-11(2)21-18-12/h10H,3-9H2,1-2H3,(H,16,20)(H,17,19). The van der Waals surface area contributed by atoms with Crippen molar-refractivity contribution in [1.82, 2.24) is 15.8 Å². The molecule has 1 aliphatic rings. The van der Waals surface area contributed by atoms with Crippen LogP contribution >= 0.6 is 0 Å². The Bertz CT molecular complexity index is 504. The molecule has 0 aromatic carbocycles. The van der Waals surface area contributed by atoms with Gasteiger partial charge in [0.25, 0.3) is 5.91 Å². The van der Waals surface area contributed by atoms with Crippen LogP contribution in [-0.2, 0) is 4.79 Å². The second-order valence-electron chi connectivity index (χ2n) is 5.68. The molecular formula is C15H23N3O3. The number of aryl methyl sites for hydroxylation is 1. The first-order chi connectivity index (χ1) is 10.1. The normalized spacial score (nSPS) is 17.2. The Kier molecular flexibility index (Phi) is 4.98. The summed E-state index contributed by atoms with van der Waals surface area (Å²) in [7, 11) is 0. The van der Waals surface area contributed by atoms with E-state index in [-0.39, 0.29) is 17.5 Å². The molecule has 0 atom stereocenters. The number of carbonyl (C=O) groups is 2. The minimum Gasteiger partial charge on any atom is -0.361 e. The molecule has 1 fully saturated rings. The Hall–Kier alpha value is -1.85. The molecule has 2 rings (SSSR count). The zero-order valence-electron chi connectivity index (χ0n) is 12.7. The zero-order valence-corrected chi connectivity index (χ0v) is 12.7. The van der Waals surface area contributed by atoms with Crippen LogP contribution in [0.5, 0.6) is 0 Å². The Morgan fingerprint density at radius 2 is 2.05 bits per heavy atom. The lowest BCUT2D eigenvalue weighted by Gasteiger charge is -2.36. The maximum Gasteiger partial charge on any atom is 0.274 e. The SMILES string of the molecule is CCCNC(=O)C1(NC(=O)c2cc(C)on2)CCCCC1. The molecule has 0 spiro atoms. The summed E-state index contributed by atoms with van der Waals surface area (Å²) in [6.45, 7) is 4.36. The van der Waals surface area contributed by atoms with Crippen LogP contribution in [0.1, 0.15) is 61.7 Å². The number of nitrogens with one attached hydrogen (secondary N) is 2. The van der Waals surface area contributed by atoms with Crippen LogP contribution in [0.4, 0.5) is 0 Å². The van der Waals surface area contributed by atoms with Crippen molar-refractivity contribution < 1.29 is 14.1 Å². The molecule has 6 nitrogen and oxygen atoms in total. The number of amides is 2. The predicted molar refractivity (Wildman–Crippen MR) is 77.8 cm³/mol. The molecule has 2 amide bonds. The fourth-order valence-corrected chi connectivity index (χ4v) is 2.73. The van der Waals surface area contributed by atoms with Gasteiger partial charge in [0.1, 0.15) is 11.3 Å². The van der Waals surface area contributed by atoms with Crippen LogP contribution in [0.3, 0.4) is 0 Å². The second-order valence-corrected chi connectivity index (χ2v) is 5.68. The quantitative estimate of drug-likeness (QED) is 0.869. The fourth-order valence-electron chi connectivity index (χ4n) is 2.73. The molecule has 2 N–H and O–H groups in total. The van der Waals surface area contributed by atoms with Crippen LogP contribution in [0, 0.1) is 6.92 Å². The van der Waals surface area contributed by atoms with Gasteiger partial charge in [-0.15, -0.1) is 0 Å². The second kappa shape index (κ2) is 6.74. The number of hydrogen-bond donors (Lipinski definition) is 2. The van der Waals surface area contributed by atoms with Gasteiger partial charge in [0, 0.05) is 12.6 Å². The first-order valence-corrected chi connectivity index (χ1v) is 7.61. The van der Waals surface area contributed by atoms with Crippen molar-refractivity contribution in [3.05, 3.63) is 17.5 Å². The average molecular weight is 293 g/mol. The molecule has 0 aliphatic heterocycles. The van der Waals surface area contributed by atoms with Gasteiger partial charge >= 0.3 is 0 Å². The molecule has 1 aliphatic carbocycles. The van der Waals surface area contributed by atoms with Crippen molar-refractivity contribution in [3.8, 4) is 0 Å². The van der Waals surface area contributed by atoms with E-state index in [0.29, 0.717) is 25.1 Å². The highest BCUT2D eigenvalue weighted by Gasteiger charge is 2.41. The Balaban J connectivity index is 2.12. The lowest BCUT2D eigenvalue weighted by molar-refractivity contribution is -0.128. The van der Waals surface area contributed by atoms with E-state index in [1.54, 1.807) is 13.0 Å². The van der Waals surface area contributed by atoms with Crippen molar-refractivity contribution in [3.63, 3.8) is 0 Å². The van der Waals surface area contributed by atoms with E-state index in [9.17, 15) is 9.59 Å². The smallest absolute Gasteiger partial charge is 0.274 e. The molecule has 21 heavy (non-hydrogen) atoms. The number of aromatic nitrogens is 1. The Morgan fingerprint density at radius 1 is 1.33 bits per heavy atom. The van der Waals surface area contributed by atoms with E-state index in [1.165, 1.54) is 0 Å². The van der Waals surface area contributed by atoms with Crippen molar-refractivity contribution in [2.45, 2.75) is 57.9 Å². The van der Waals surface area contributed by atoms with E-state index in [1.807, 2.05) is 6.92 Å². The van der Waals surface area contributed by atoms with Gasteiger partial charge in [0.05, 0.1) is 0 Å². The Labute approximate surface area is 124 Å². The minimum atomic E-state index is -0.808. The molecule has 6 heteroatoms. The third-order valence-corrected chi connectivity index (χ3v) is 3.89. The third-order valence-electron chi connectivity index (χ3n) is 3.89. The Morgan fingerprint density at radius 3 is 2.62 bits per heavy atom. The van der Waals surface area contributed by atoms with Gasteiger partial charge in [0.15, 0.2) is 5.69 Å². The topological polar surface area (TPSA) is 84.2 Å². The first kappa shape index (κ1) is 15.5. The van der Waals surface area contributed by atoms with Crippen LogP contribution in [0.15, 0.2) is 10.6 Å². The summed E-state index contributed by atoms with van der Waals surface area (Å²) in [5.41, 5.74) is -0.585. The summed E-state index contributed by atoms with van der Waals surface area (Å²) < 4.78 is 4.92. The highest BCUT2D eigenvalue weighted by Crippen LogP contribution is 2.29. The molecule has 0 bridgehead atoms. The maximum atomic E-state index is 12.5. The van der Waals surface area contributed by atoms with Gasteiger partial charge in [-0.2, -0.15) is 0 Å². The predicted octanol–water partition coefficient (Wildman–Crippen LogP) is 1.94. The molecule has 0 unspecified atom stereocenters. The van der Waals surface area contributed by atoms with Crippen molar-refractivity contribution in [1.29, 1.82) is 0 Å². The van der Waals surface area contributed by atoms with Crippen LogP contribution in [0.25, 0.3) is 0 Å². The van der Waals surface area contributed by atoms with Crippen molar-refractivity contribution >= 4 is 11.8 Å². The first-order valence-electron chi connectivity index (χ1n) is 7.61. The highest BCUT2D eigenvalue weighted by molar-refractivity contribution is 5.98. The molecule has 1 aromatic rings. The summed E-state index contributed by atoms with van der Waals surface area (Å²) in [4.78, 5) is 24.8. The monoisotopic (exact) mass is 293 g/mol. The van der Waals surface area contributed by atoms with E-state index in [2.05, 4.69) is 15.8 Å². The number of rotatable bonds is 5. The third kappa shape index (κ3) is 3.62. The van der Waals surface area contributed by atoms with Crippen molar-refractivity contribution in [2.75, 3.05) is 6.54 Å². The number of nitrogens with zero attached hydrogens (tertiary/aromatic N) is 1. The van der Waals surface area contributed by atoms with Crippen LogP contribution in [0.2, 0.25) is 0 Å². The van der Waals surface area contributed by atoms with Crippen LogP contribution < -0.4 is 10.6 Å². The summed E-state index contributed by atoms with van der Waals surface area (Å²) in [5, 5.41) is 9.52. The molecule has 1 heterocycles. The van der Waals surface area contributed by atoms with Gasteiger partial charge in [-0.1, -0.05) is 31.3 Å². The van der Waals surface area contributed by atoms with E-state index < -0.39 is 5.54 Å².